The van der Waals surface area contributed by atoms with Crippen LogP contribution in [0.1, 0.15) is 0 Å². The van der Waals surface area contributed by atoms with E-state index >= 15 is 0 Å². The lowest BCUT2D eigenvalue weighted by atomic mass is 10.2. The summed E-state index contributed by atoms with van der Waals surface area (Å²) in [6.45, 7) is -0.623. The molecule has 1 aliphatic heterocycles. The van der Waals surface area contributed by atoms with Crippen molar-refractivity contribution in [2.75, 3.05) is 18.0 Å². The van der Waals surface area contributed by atoms with Crippen molar-refractivity contribution in [2.24, 2.45) is 0 Å². The first-order valence-electron chi connectivity index (χ1n) is 4.60. The summed E-state index contributed by atoms with van der Waals surface area (Å²) in [7, 11) is 0. The highest BCUT2D eigenvalue weighted by atomic mass is 35.5. The van der Waals surface area contributed by atoms with Crippen LogP contribution < -0.4 is 4.90 Å². The molecule has 0 aliphatic carbocycles. The standard InChI is InChI=1S/C10H6ClF2NO3/c11-6-1-5(12)2-7(13)10(6)14-3-8(15)17-9(16)4-14/h1-2H,3-4H2. The molecule has 90 valence electrons. The minimum absolute atomic E-state index is 0.182. The molecule has 0 bridgehead atoms. The molecule has 1 aliphatic rings. The van der Waals surface area contributed by atoms with Crippen LogP contribution in [0.2, 0.25) is 5.02 Å². The number of cyclic esters (lactones) is 2. The van der Waals surface area contributed by atoms with Gasteiger partial charge in [-0.05, 0) is 6.07 Å². The van der Waals surface area contributed by atoms with Crippen molar-refractivity contribution in [1.82, 2.24) is 0 Å². The van der Waals surface area contributed by atoms with Gasteiger partial charge in [-0.3, -0.25) is 0 Å². The van der Waals surface area contributed by atoms with Crippen molar-refractivity contribution in [3.8, 4) is 0 Å². The van der Waals surface area contributed by atoms with Gasteiger partial charge in [0.1, 0.15) is 18.9 Å². The molecule has 1 saturated heterocycles. The van der Waals surface area contributed by atoms with E-state index in [0.717, 1.165) is 11.0 Å². The lowest BCUT2D eigenvalue weighted by Crippen LogP contribution is -2.43. The maximum absolute atomic E-state index is 13.5. The van der Waals surface area contributed by atoms with E-state index in [1.165, 1.54) is 0 Å². The summed E-state index contributed by atoms with van der Waals surface area (Å²) in [5.41, 5.74) is -0.182. The Balaban J connectivity index is 2.40. The monoisotopic (exact) mass is 261 g/mol. The van der Waals surface area contributed by atoms with Crippen LogP contribution in [0, 0.1) is 11.6 Å². The summed E-state index contributed by atoms with van der Waals surface area (Å²) in [4.78, 5) is 23.1. The van der Waals surface area contributed by atoms with Gasteiger partial charge in [-0.25, -0.2) is 18.4 Å². The van der Waals surface area contributed by atoms with E-state index in [1.807, 2.05) is 0 Å². The maximum atomic E-state index is 13.5. The van der Waals surface area contributed by atoms with Crippen LogP contribution >= 0.6 is 11.6 Å². The summed E-state index contributed by atoms with van der Waals surface area (Å²) in [6, 6.07) is 1.54. The molecule has 0 unspecified atom stereocenters. The van der Waals surface area contributed by atoms with E-state index in [1.54, 1.807) is 0 Å². The Labute approximate surface area is 99.7 Å². The van der Waals surface area contributed by atoms with Gasteiger partial charge in [0, 0.05) is 6.07 Å². The quantitative estimate of drug-likeness (QED) is 0.568. The van der Waals surface area contributed by atoms with E-state index in [4.69, 9.17) is 11.6 Å². The van der Waals surface area contributed by atoms with E-state index in [2.05, 4.69) is 4.74 Å². The predicted octanol–water partition coefficient (Wildman–Crippen LogP) is 1.51. The first kappa shape index (κ1) is 11.8. The van der Waals surface area contributed by atoms with E-state index < -0.39 is 23.6 Å². The van der Waals surface area contributed by atoms with Gasteiger partial charge < -0.3 is 9.64 Å². The summed E-state index contributed by atoms with van der Waals surface area (Å²) in [5.74, 6) is -3.37. The Morgan fingerprint density at radius 1 is 1.18 bits per heavy atom. The number of anilines is 1. The first-order valence-corrected chi connectivity index (χ1v) is 4.98. The average molecular weight is 262 g/mol. The molecule has 1 aromatic rings. The van der Waals surface area contributed by atoms with Crippen molar-refractivity contribution in [1.29, 1.82) is 0 Å². The minimum atomic E-state index is -0.933. The molecule has 7 heteroatoms. The van der Waals surface area contributed by atoms with Gasteiger partial charge in [0.05, 0.1) is 10.7 Å². The van der Waals surface area contributed by atoms with E-state index in [0.29, 0.717) is 6.07 Å². The third kappa shape index (κ3) is 2.36. The van der Waals surface area contributed by atoms with Crippen LogP contribution in [0.3, 0.4) is 0 Å². The van der Waals surface area contributed by atoms with Gasteiger partial charge in [0.25, 0.3) is 0 Å². The molecule has 1 heterocycles. The summed E-state index contributed by atoms with van der Waals surface area (Å²) < 4.78 is 30.6. The number of nitrogens with zero attached hydrogens (tertiary/aromatic N) is 1. The Hall–Kier alpha value is -1.69. The van der Waals surface area contributed by atoms with Crippen molar-refractivity contribution in [3.63, 3.8) is 0 Å². The van der Waals surface area contributed by atoms with Crippen LogP contribution in [-0.4, -0.2) is 25.0 Å². The van der Waals surface area contributed by atoms with Crippen LogP contribution in [0.15, 0.2) is 12.1 Å². The van der Waals surface area contributed by atoms with Crippen LogP contribution in [0.25, 0.3) is 0 Å². The molecule has 4 nitrogen and oxygen atoms in total. The lowest BCUT2D eigenvalue weighted by Gasteiger charge is -2.27. The van der Waals surface area contributed by atoms with Crippen molar-refractivity contribution >= 4 is 29.2 Å². The molecule has 0 amide bonds. The number of benzene rings is 1. The number of carbonyl (C=O) groups is 2. The van der Waals surface area contributed by atoms with Gasteiger partial charge in [-0.2, -0.15) is 0 Å². The first-order chi connectivity index (χ1) is 7.97. The fourth-order valence-corrected chi connectivity index (χ4v) is 1.87. The Morgan fingerprint density at radius 2 is 1.76 bits per heavy atom. The number of carbonyl (C=O) groups excluding carboxylic acids is 2. The molecule has 0 aromatic heterocycles. The number of halogens is 3. The van der Waals surface area contributed by atoms with Crippen LogP contribution in [0.4, 0.5) is 14.5 Å². The Bertz CT molecular complexity index is 467. The third-order valence-corrected chi connectivity index (χ3v) is 2.45. The highest BCUT2D eigenvalue weighted by molar-refractivity contribution is 6.33. The third-order valence-electron chi connectivity index (χ3n) is 2.17. The molecule has 0 saturated carbocycles. The minimum Gasteiger partial charge on any atom is -0.390 e. The number of hydrogen-bond donors (Lipinski definition) is 0. The lowest BCUT2D eigenvalue weighted by molar-refractivity contribution is -0.160. The predicted molar refractivity (Wildman–Crippen MR) is 54.7 cm³/mol. The average Bonchev–Trinajstić information content (AvgIpc) is 2.13. The Kier molecular flexibility index (Phi) is 2.97. The number of esters is 2. The fourth-order valence-electron chi connectivity index (χ4n) is 1.55. The normalized spacial score (nSPS) is 16.1. The second-order valence-electron chi connectivity index (χ2n) is 3.42. The van der Waals surface area contributed by atoms with Crippen LogP contribution in [-0.2, 0) is 14.3 Å². The van der Waals surface area contributed by atoms with Gasteiger partial charge in [0.2, 0.25) is 0 Å². The number of morpholine rings is 1. The zero-order valence-electron chi connectivity index (χ0n) is 8.37. The van der Waals surface area contributed by atoms with Crippen molar-refractivity contribution in [3.05, 3.63) is 28.8 Å². The smallest absolute Gasteiger partial charge is 0.333 e. The maximum Gasteiger partial charge on any atom is 0.333 e. The molecule has 1 aromatic carbocycles. The second-order valence-corrected chi connectivity index (χ2v) is 3.83. The van der Waals surface area contributed by atoms with E-state index in [9.17, 15) is 18.4 Å². The van der Waals surface area contributed by atoms with Crippen molar-refractivity contribution in [2.45, 2.75) is 0 Å². The molecular weight excluding hydrogens is 256 g/mol. The van der Waals surface area contributed by atoms with Gasteiger partial charge in [-0.1, -0.05) is 11.6 Å². The Morgan fingerprint density at radius 3 is 2.29 bits per heavy atom. The molecule has 0 spiro atoms. The topological polar surface area (TPSA) is 46.6 Å². The molecule has 0 atom stereocenters. The SMILES string of the molecule is O=C1CN(c2c(F)cc(F)cc2Cl)CC(=O)O1. The molecule has 0 radical (unpaired) electrons. The van der Waals surface area contributed by atoms with Gasteiger partial charge in [-0.15, -0.1) is 0 Å². The second kappa shape index (κ2) is 4.29. The fraction of sp³-hybridized carbons (Fsp3) is 0.200. The number of hydrogen-bond acceptors (Lipinski definition) is 4. The summed E-state index contributed by atoms with van der Waals surface area (Å²) in [5, 5.41) is -0.204. The largest absolute Gasteiger partial charge is 0.390 e. The molecule has 0 N–H and O–H groups in total. The number of rotatable bonds is 1. The molecular formula is C10H6ClF2NO3. The van der Waals surface area contributed by atoms with E-state index in [-0.39, 0.29) is 23.8 Å². The van der Waals surface area contributed by atoms with Gasteiger partial charge >= 0.3 is 11.9 Å². The highest BCUT2D eigenvalue weighted by Gasteiger charge is 2.28. The van der Waals surface area contributed by atoms with Gasteiger partial charge in [0.15, 0.2) is 5.82 Å². The molecule has 2 rings (SSSR count). The summed E-state index contributed by atoms with van der Waals surface area (Å²) >= 11 is 5.68. The zero-order chi connectivity index (χ0) is 12.6. The number of ether oxygens (including phenoxy) is 1. The van der Waals surface area contributed by atoms with Crippen LogP contribution in [0.5, 0.6) is 0 Å². The van der Waals surface area contributed by atoms with Crippen molar-refractivity contribution < 1.29 is 23.1 Å². The molecule has 17 heavy (non-hydrogen) atoms. The zero-order valence-corrected chi connectivity index (χ0v) is 9.13. The highest BCUT2D eigenvalue weighted by Crippen LogP contribution is 2.30. The summed E-state index contributed by atoms with van der Waals surface area (Å²) in [6.07, 6.45) is 0. The molecule has 1 fully saturated rings.